The van der Waals surface area contributed by atoms with E-state index in [4.69, 9.17) is 5.26 Å². The number of fused-ring (bicyclic) bond motifs is 1. The van der Waals surface area contributed by atoms with Gasteiger partial charge in [0.25, 0.3) is 0 Å². The van der Waals surface area contributed by atoms with Gasteiger partial charge < -0.3 is 0 Å². The summed E-state index contributed by atoms with van der Waals surface area (Å²) in [6.07, 6.45) is 3.31. The van der Waals surface area contributed by atoms with Crippen molar-refractivity contribution in [2.45, 2.75) is 0 Å². The van der Waals surface area contributed by atoms with Gasteiger partial charge in [-0.15, -0.1) is 0 Å². The molecule has 80 valence electrons. The SMILES string of the molecule is N#Cc1nccc2ncn(-c3ccccc3)c12. The molecule has 2 heterocycles. The molecule has 0 saturated heterocycles. The lowest BCUT2D eigenvalue weighted by Gasteiger charge is -2.03. The number of nitriles is 1. The molecule has 0 atom stereocenters. The monoisotopic (exact) mass is 220 g/mol. The van der Waals surface area contributed by atoms with E-state index in [0.717, 1.165) is 16.7 Å². The van der Waals surface area contributed by atoms with E-state index >= 15 is 0 Å². The van der Waals surface area contributed by atoms with Crippen molar-refractivity contribution in [1.29, 1.82) is 5.26 Å². The van der Waals surface area contributed by atoms with Crippen molar-refractivity contribution in [3.63, 3.8) is 0 Å². The number of aromatic nitrogens is 3. The van der Waals surface area contributed by atoms with Crippen LogP contribution in [0.5, 0.6) is 0 Å². The third-order valence-electron chi connectivity index (χ3n) is 2.60. The highest BCUT2D eigenvalue weighted by Crippen LogP contribution is 2.19. The third-order valence-corrected chi connectivity index (χ3v) is 2.60. The number of hydrogen-bond donors (Lipinski definition) is 0. The molecule has 3 aromatic rings. The summed E-state index contributed by atoms with van der Waals surface area (Å²) in [5.74, 6) is 0. The molecule has 0 amide bonds. The molecule has 0 saturated carbocycles. The molecule has 0 spiro atoms. The molecule has 17 heavy (non-hydrogen) atoms. The van der Waals surface area contributed by atoms with Crippen molar-refractivity contribution in [3.8, 4) is 11.8 Å². The van der Waals surface area contributed by atoms with Crippen LogP contribution in [0.3, 0.4) is 0 Å². The minimum atomic E-state index is 0.392. The number of hydrogen-bond acceptors (Lipinski definition) is 3. The van der Waals surface area contributed by atoms with E-state index in [1.165, 1.54) is 0 Å². The van der Waals surface area contributed by atoms with Crippen LogP contribution in [0.4, 0.5) is 0 Å². The fraction of sp³-hybridized carbons (Fsp3) is 0. The molecule has 0 fully saturated rings. The van der Waals surface area contributed by atoms with Crippen LogP contribution in [0.1, 0.15) is 5.69 Å². The molecular weight excluding hydrogens is 212 g/mol. The Morgan fingerprint density at radius 3 is 2.65 bits per heavy atom. The van der Waals surface area contributed by atoms with Gasteiger partial charge in [0.15, 0.2) is 5.69 Å². The molecule has 4 nitrogen and oxygen atoms in total. The van der Waals surface area contributed by atoms with E-state index < -0.39 is 0 Å². The maximum absolute atomic E-state index is 9.07. The maximum Gasteiger partial charge on any atom is 0.166 e. The van der Waals surface area contributed by atoms with Crippen LogP contribution in [0.2, 0.25) is 0 Å². The summed E-state index contributed by atoms with van der Waals surface area (Å²) in [6.45, 7) is 0. The van der Waals surface area contributed by atoms with Crippen molar-refractivity contribution in [3.05, 3.63) is 54.6 Å². The highest BCUT2D eigenvalue weighted by molar-refractivity contribution is 5.81. The van der Waals surface area contributed by atoms with Crippen LogP contribution < -0.4 is 0 Å². The molecule has 0 N–H and O–H groups in total. The Labute approximate surface area is 97.8 Å². The van der Waals surface area contributed by atoms with Gasteiger partial charge in [-0.3, -0.25) is 4.57 Å². The Morgan fingerprint density at radius 1 is 1.06 bits per heavy atom. The van der Waals surface area contributed by atoms with Crippen LogP contribution in [0.15, 0.2) is 48.9 Å². The van der Waals surface area contributed by atoms with E-state index in [9.17, 15) is 0 Å². The van der Waals surface area contributed by atoms with Crippen LogP contribution in [-0.4, -0.2) is 14.5 Å². The Balaban J connectivity index is 2.36. The zero-order valence-electron chi connectivity index (χ0n) is 8.91. The van der Waals surface area contributed by atoms with Crippen molar-refractivity contribution in [1.82, 2.24) is 14.5 Å². The summed E-state index contributed by atoms with van der Waals surface area (Å²) in [4.78, 5) is 8.34. The highest BCUT2D eigenvalue weighted by Gasteiger charge is 2.09. The summed E-state index contributed by atoms with van der Waals surface area (Å²) in [5, 5.41) is 9.07. The molecule has 0 radical (unpaired) electrons. The average molecular weight is 220 g/mol. The molecule has 2 aromatic heterocycles. The lowest BCUT2D eigenvalue weighted by Crippen LogP contribution is -1.94. The second-order valence-electron chi connectivity index (χ2n) is 3.59. The Bertz CT molecular complexity index is 707. The van der Waals surface area contributed by atoms with Crippen LogP contribution in [0, 0.1) is 11.3 Å². The molecule has 0 unspecified atom stereocenters. The van der Waals surface area contributed by atoms with Gasteiger partial charge >= 0.3 is 0 Å². The fourth-order valence-electron chi connectivity index (χ4n) is 1.83. The quantitative estimate of drug-likeness (QED) is 0.632. The molecule has 0 bridgehead atoms. The number of pyridine rings is 1. The first-order chi connectivity index (χ1) is 8.40. The van der Waals surface area contributed by atoms with E-state index in [0.29, 0.717) is 5.69 Å². The second-order valence-corrected chi connectivity index (χ2v) is 3.59. The number of benzene rings is 1. The number of nitrogens with zero attached hydrogens (tertiary/aromatic N) is 4. The Hall–Kier alpha value is -2.67. The smallest absolute Gasteiger partial charge is 0.166 e. The van der Waals surface area contributed by atoms with Gasteiger partial charge in [-0.25, -0.2) is 9.97 Å². The number of para-hydroxylation sites is 1. The summed E-state index contributed by atoms with van der Waals surface area (Å²) in [6, 6.07) is 13.7. The maximum atomic E-state index is 9.07. The molecule has 0 aliphatic heterocycles. The van der Waals surface area contributed by atoms with Gasteiger partial charge in [-0.2, -0.15) is 5.26 Å². The molecular formula is C13H8N4. The minimum Gasteiger partial charge on any atom is -0.296 e. The minimum absolute atomic E-state index is 0.392. The second kappa shape index (κ2) is 3.72. The normalized spacial score (nSPS) is 10.3. The standard InChI is InChI=1S/C13H8N4/c14-8-12-13-11(6-7-15-12)16-9-17(13)10-4-2-1-3-5-10/h1-7,9H. The summed E-state index contributed by atoms with van der Waals surface area (Å²) in [7, 11) is 0. The zero-order chi connectivity index (χ0) is 11.7. The Kier molecular flexibility index (Phi) is 2.09. The lowest BCUT2D eigenvalue weighted by atomic mass is 10.3. The first kappa shape index (κ1) is 9.55. The average Bonchev–Trinajstić information content (AvgIpc) is 2.83. The lowest BCUT2D eigenvalue weighted by molar-refractivity contribution is 1.08. The number of rotatable bonds is 1. The first-order valence-electron chi connectivity index (χ1n) is 5.18. The summed E-state index contributed by atoms with van der Waals surface area (Å²) in [5.41, 5.74) is 2.89. The van der Waals surface area contributed by atoms with Crippen LogP contribution >= 0.6 is 0 Å². The molecule has 4 heteroatoms. The summed E-state index contributed by atoms with van der Waals surface area (Å²) >= 11 is 0. The van der Waals surface area contributed by atoms with Crippen LogP contribution in [0.25, 0.3) is 16.7 Å². The third kappa shape index (κ3) is 1.45. The molecule has 0 aliphatic rings. The molecule has 1 aromatic carbocycles. The predicted octanol–water partition coefficient (Wildman–Crippen LogP) is 2.29. The molecule has 3 rings (SSSR count). The van der Waals surface area contributed by atoms with Crippen molar-refractivity contribution in [2.24, 2.45) is 0 Å². The van der Waals surface area contributed by atoms with E-state index in [1.54, 1.807) is 18.6 Å². The highest BCUT2D eigenvalue weighted by atomic mass is 15.1. The van der Waals surface area contributed by atoms with Gasteiger partial charge in [0.1, 0.15) is 17.9 Å². The van der Waals surface area contributed by atoms with Gasteiger partial charge in [0.05, 0.1) is 5.52 Å². The Morgan fingerprint density at radius 2 is 1.88 bits per heavy atom. The number of imidazole rings is 1. The van der Waals surface area contributed by atoms with Crippen LogP contribution in [-0.2, 0) is 0 Å². The largest absolute Gasteiger partial charge is 0.296 e. The van der Waals surface area contributed by atoms with Crippen molar-refractivity contribution < 1.29 is 0 Å². The van der Waals surface area contributed by atoms with E-state index in [2.05, 4.69) is 16.0 Å². The fourth-order valence-corrected chi connectivity index (χ4v) is 1.83. The van der Waals surface area contributed by atoms with Gasteiger partial charge in [0, 0.05) is 11.9 Å². The summed E-state index contributed by atoms with van der Waals surface area (Å²) < 4.78 is 1.88. The zero-order valence-corrected chi connectivity index (χ0v) is 8.91. The van der Waals surface area contributed by atoms with E-state index in [-0.39, 0.29) is 0 Å². The van der Waals surface area contributed by atoms with E-state index in [1.807, 2.05) is 34.9 Å². The first-order valence-corrected chi connectivity index (χ1v) is 5.18. The van der Waals surface area contributed by atoms with Crippen molar-refractivity contribution >= 4 is 11.0 Å². The predicted molar refractivity (Wildman–Crippen MR) is 63.6 cm³/mol. The van der Waals surface area contributed by atoms with Gasteiger partial charge in [-0.05, 0) is 18.2 Å². The van der Waals surface area contributed by atoms with Crippen molar-refractivity contribution in [2.75, 3.05) is 0 Å². The molecule has 0 aliphatic carbocycles. The van der Waals surface area contributed by atoms with Gasteiger partial charge in [0.2, 0.25) is 0 Å². The van der Waals surface area contributed by atoms with Gasteiger partial charge in [-0.1, -0.05) is 18.2 Å². The topological polar surface area (TPSA) is 54.5 Å².